The summed E-state index contributed by atoms with van der Waals surface area (Å²) in [6, 6.07) is 1.66. The normalized spacial score (nSPS) is 26.9. The van der Waals surface area contributed by atoms with Gasteiger partial charge in [0, 0.05) is 52.4 Å². The van der Waals surface area contributed by atoms with Crippen LogP contribution in [-0.4, -0.2) is 36.6 Å². The molecule has 4 N–H and O–H groups in total. The van der Waals surface area contributed by atoms with E-state index in [4.69, 9.17) is 20.4 Å². The van der Waals surface area contributed by atoms with Crippen LogP contribution < -0.4 is 0 Å². The van der Waals surface area contributed by atoms with Crippen LogP contribution in [-0.2, 0) is 52.4 Å². The second kappa shape index (κ2) is 37.7. The SMILES string of the molecule is C=C[Si](C)(C1CCC2CCCCC21)C1CCC2CCCCC21.CCC[Si](C)(C1CCC2CCCCC21)C1CCC2CCCCC21.Oc1c(F)c(F)c(F)c(F)c1F.Oc1c(F)c(F)c(F)c(F)c1F.Oc1c(F)c(F)c(F)c(F)c1F.Oc1c(F)c(F)c(F)c(F)c1F.[CH3-].[CH3-].[Zr].[Zr]. The molecule has 8 fully saturated rings. The molecule has 97 heavy (non-hydrogen) atoms. The molecule has 4 aromatic rings. The summed E-state index contributed by atoms with van der Waals surface area (Å²) in [5, 5.41) is 33.2. The summed E-state index contributed by atoms with van der Waals surface area (Å²) >= 11 is 0. The molecule has 8 aliphatic carbocycles. The first-order chi connectivity index (χ1) is 43.8. The quantitative estimate of drug-likeness (QED) is 0.0489. The van der Waals surface area contributed by atoms with E-state index < -0.39 is 155 Å². The molecular formula is C69H86F20O4Si2Zr2-2. The molecule has 8 saturated carbocycles. The van der Waals surface area contributed by atoms with Gasteiger partial charge < -0.3 is 35.3 Å². The van der Waals surface area contributed by atoms with Crippen LogP contribution in [0.2, 0.25) is 41.3 Å². The number of halogens is 20. The second-order valence-corrected chi connectivity index (χ2v) is 36.7. The van der Waals surface area contributed by atoms with Gasteiger partial charge in [-0.3, -0.25) is 0 Å². The number of phenols is 4. The fraction of sp³-hybridized carbons (Fsp3) is 0.594. The number of hydrogen-bond acceptors (Lipinski definition) is 4. The fourth-order valence-corrected chi connectivity index (χ4v) is 30.6. The minimum atomic E-state index is -2.29. The zero-order chi connectivity index (χ0) is 68.9. The van der Waals surface area contributed by atoms with Crippen LogP contribution in [0, 0.1) is 179 Å². The predicted octanol–water partition coefficient (Wildman–Crippen LogP) is 23.4. The third-order valence-corrected chi connectivity index (χ3v) is 34.5. The summed E-state index contributed by atoms with van der Waals surface area (Å²) in [6.45, 7) is 12.6. The molecule has 12 atom stereocenters. The molecule has 12 unspecified atom stereocenters. The summed E-state index contributed by atoms with van der Waals surface area (Å²) in [4.78, 5) is 0. The van der Waals surface area contributed by atoms with E-state index in [0.717, 1.165) is 46.6 Å². The number of benzene rings is 4. The van der Waals surface area contributed by atoms with E-state index in [1.165, 1.54) is 55.0 Å². The molecule has 0 amide bonds. The van der Waals surface area contributed by atoms with Gasteiger partial charge >= 0.3 is 0 Å². The van der Waals surface area contributed by atoms with E-state index in [9.17, 15) is 87.8 Å². The van der Waals surface area contributed by atoms with Crippen LogP contribution >= 0.6 is 0 Å². The molecule has 0 saturated heterocycles. The van der Waals surface area contributed by atoms with Gasteiger partial charge in [0.1, 0.15) is 0 Å². The molecule has 8 aliphatic rings. The number of phenolic OH excluding ortho intramolecular Hbond substituents is 4. The Hall–Kier alpha value is -3.38. The Labute approximate surface area is 595 Å². The van der Waals surface area contributed by atoms with Crippen molar-refractivity contribution in [3.63, 3.8) is 0 Å². The van der Waals surface area contributed by atoms with Crippen LogP contribution in [0.4, 0.5) is 87.8 Å². The van der Waals surface area contributed by atoms with Gasteiger partial charge in [-0.1, -0.05) is 187 Å². The molecule has 0 bridgehead atoms. The van der Waals surface area contributed by atoms with Gasteiger partial charge in [-0.2, -0.15) is 35.1 Å². The van der Waals surface area contributed by atoms with E-state index in [1.807, 2.05) is 0 Å². The third kappa shape index (κ3) is 18.3. The van der Waals surface area contributed by atoms with E-state index in [1.54, 1.807) is 134 Å². The number of aromatic hydroxyl groups is 4. The van der Waals surface area contributed by atoms with Crippen LogP contribution in [0.25, 0.3) is 0 Å². The minimum Gasteiger partial charge on any atom is -0.503 e. The van der Waals surface area contributed by atoms with E-state index >= 15 is 0 Å². The van der Waals surface area contributed by atoms with Crippen LogP contribution in [0.5, 0.6) is 23.0 Å². The Morgan fingerprint density at radius 1 is 0.299 bits per heavy atom. The number of fused-ring (bicyclic) bond motifs is 4. The average Bonchev–Trinajstić information content (AvgIpc) is 1.62. The van der Waals surface area contributed by atoms with Gasteiger partial charge in [0.05, 0.1) is 16.1 Å². The van der Waals surface area contributed by atoms with Crippen molar-refractivity contribution in [2.45, 2.75) is 209 Å². The fourth-order valence-electron chi connectivity index (χ4n) is 18.2. The summed E-state index contributed by atoms with van der Waals surface area (Å²) < 4.78 is 243. The Bertz CT molecular complexity index is 2540. The smallest absolute Gasteiger partial charge is 0.206 e. The van der Waals surface area contributed by atoms with Gasteiger partial charge in [0.15, 0.2) is 23.0 Å². The van der Waals surface area contributed by atoms with Crippen molar-refractivity contribution < 1.29 is 161 Å². The molecule has 0 radical (unpaired) electrons. The minimum absolute atomic E-state index is 0. The van der Waals surface area contributed by atoms with E-state index in [-0.39, 0.29) is 67.3 Å². The Balaban J connectivity index is 0.000000309. The maximum Gasteiger partial charge on any atom is 0.206 e. The molecule has 4 nitrogen and oxygen atoms in total. The maximum absolute atomic E-state index is 12.2. The van der Waals surface area contributed by atoms with Gasteiger partial charge in [-0.15, -0.1) is 12.3 Å². The van der Waals surface area contributed by atoms with Crippen molar-refractivity contribution in [2.24, 2.45) is 47.3 Å². The van der Waals surface area contributed by atoms with Crippen molar-refractivity contribution in [3.05, 3.63) is 143 Å². The van der Waals surface area contributed by atoms with E-state index in [2.05, 4.69) is 32.3 Å². The Morgan fingerprint density at radius 2 is 0.474 bits per heavy atom. The molecular weight excluding hydrogens is 1510 g/mol. The predicted molar refractivity (Wildman–Crippen MR) is 327 cm³/mol. The first kappa shape index (κ1) is 87.8. The molecule has 28 heteroatoms. The van der Waals surface area contributed by atoms with Crippen molar-refractivity contribution in [1.82, 2.24) is 0 Å². The second-order valence-electron chi connectivity index (χ2n) is 27.1. The molecule has 0 spiro atoms. The summed E-state index contributed by atoms with van der Waals surface area (Å²) in [5.74, 6) is -42.7. The first-order valence-electron chi connectivity index (χ1n) is 32.3. The monoisotopic (exact) mass is 1590 g/mol. The van der Waals surface area contributed by atoms with Crippen molar-refractivity contribution in [1.29, 1.82) is 0 Å². The molecule has 0 aromatic heterocycles. The Morgan fingerprint density at radius 3 is 0.670 bits per heavy atom. The molecule has 4 aromatic carbocycles. The summed E-state index contributed by atoms with van der Waals surface area (Å²) in [5.41, 5.74) is 7.22. The van der Waals surface area contributed by atoms with Crippen LogP contribution in [0.3, 0.4) is 0 Å². The van der Waals surface area contributed by atoms with Gasteiger partial charge in [0.2, 0.25) is 116 Å². The Kier molecular flexibility index (Phi) is 34.1. The van der Waals surface area contributed by atoms with E-state index in [0.29, 0.717) is 0 Å². The molecule has 544 valence electrons. The summed E-state index contributed by atoms with van der Waals surface area (Å²) in [7, 11) is -2.41. The first-order valence-corrected chi connectivity index (χ1v) is 37.9. The average molecular weight is 1600 g/mol. The maximum atomic E-state index is 12.2. The zero-order valence-electron chi connectivity index (χ0n) is 54.9. The van der Waals surface area contributed by atoms with Gasteiger partial charge in [0.25, 0.3) is 0 Å². The van der Waals surface area contributed by atoms with Crippen LogP contribution in [0.1, 0.15) is 167 Å². The molecule has 0 aliphatic heterocycles. The van der Waals surface area contributed by atoms with Crippen molar-refractivity contribution in [3.8, 4) is 23.0 Å². The largest absolute Gasteiger partial charge is 0.503 e. The molecule has 0 heterocycles. The van der Waals surface area contributed by atoms with Crippen LogP contribution in [0.15, 0.2) is 12.3 Å². The number of hydrogen-bond donors (Lipinski definition) is 4. The topological polar surface area (TPSA) is 80.9 Å². The van der Waals surface area contributed by atoms with Crippen molar-refractivity contribution in [2.75, 3.05) is 0 Å². The zero-order valence-corrected chi connectivity index (χ0v) is 61.9. The standard InChI is InChI=1S/C22H40Si.C21H36Si.4C6HF5O.2CH3.2Zr/c1-3-16-23(2,21-14-12-17-8-4-6-10-19(17)21)22-15-13-18-9-5-7-11-20(18)22;1-3-22(2,20-14-12-16-8-4-6-10-18(16)20)21-15-13-17-9-5-7-11-19(17)21;4*7-1-2(8)4(10)6(12)5(11)3(1)9;;;;/h17-22H,3-16H2,1-2H3;3,16-21H,1,4-15H2,2H3;4*12H;2*1H3;;/q;;;;;;2*-1;;. The van der Waals surface area contributed by atoms with Crippen molar-refractivity contribution >= 4 is 16.1 Å². The molecule has 12 rings (SSSR count). The third-order valence-electron chi connectivity index (χ3n) is 22.6. The summed E-state index contributed by atoms with van der Waals surface area (Å²) in [6.07, 6.45) is 39.2. The van der Waals surface area contributed by atoms with Gasteiger partial charge in [-0.05, 0) is 69.5 Å². The number of rotatable bonds is 7. The van der Waals surface area contributed by atoms with Gasteiger partial charge in [-0.25, -0.2) is 52.7 Å².